The van der Waals surface area contributed by atoms with Crippen molar-refractivity contribution in [3.8, 4) is 11.4 Å². The number of aryl methyl sites for hydroxylation is 1. The summed E-state index contributed by atoms with van der Waals surface area (Å²) < 4.78 is 20.4. The van der Waals surface area contributed by atoms with Crippen LogP contribution in [-0.4, -0.2) is 28.1 Å². The third-order valence-corrected chi connectivity index (χ3v) is 5.15. The Kier molecular flexibility index (Phi) is 6.31. The molecule has 166 valence electrons. The summed E-state index contributed by atoms with van der Waals surface area (Å²) in [4.78, 5) is 24.9. The Labute approximate surface area is 190 Å². The topological polar surface area (TPSA) is 73.2 Å². The summed E-state index contributed by atoms with van der Waals surface area (Å²) in [6.07, 6.45) is 0. The normalized spacial score (nSPS) is 10.6. The predicted octanol–water partition coefficient (Wildman–Crippen LogP) is 4.88. The number of nitrogens with one attached hydrogen (secondary N) is 1. The van der Waals surface area contributed by atoms with Gasteiger partial charge in [0.1, 0.15) is 11.6 Å². The summed E-state index contributed by atoms with van der Waals surface area (Å²) in [5.41, 5.74) is 3.91. The molecule has 1 N–H and O–H groups in total. The van der Waals surface area contributed by atoms with Crippen molar-refractivity contribution in [2.45, 2.75) is 13.8 Å². The van der Waals surface area contributed by atoms with Crippen molar-refractivity contribution in [3.63, 3.8) is 0 Å². The first-order valence-electron chi connectivity index (χ1n) is 10.4. The highest BCUT2D eigenvalue weighted by molar-refractivity contribution is 6.09. The smallest absolute Gasteiger partial charge is 0.262 e. The number of ether oxygens (including phenoxy) is 1. The number of carbonyl (C=O) groups excluding carboxylic acids is 2. The SMILES string of the molecule is Cc1nn(-c2ccccc2)c(C)c1NC(=O)COc1ccc(C(=O)c2ccc(F)cc2)cc1. The number of hydrogen-bond acceptors (Lipinski definition) is 4. The summed E-state index contributed by atoms with van der Waals surface area (Å²) in [6.45, 7) is 3.53. The number of hydrogen-bond donors (Lipinski definition) is 1. The zero-order valence-electron chi connectivity index (χ0n) is 18.2. The second-order valence-electron chi connectivity index (χ2n) is 7.49. The van der Waals surface area contributed by atoms with Gasteiger partial charge < -0.3 is 10.1 Å². The van der Waals surface area contributed by atoms with Crippen LogP contribution in [0.3, 0.4) is 0 Å². The van der Waals surface area contributed by atoms with E-state index in [4.69, 9.17) is 4.74 Å². The molecule has 0 aliphatic rings. The fourth-order valence-electron chi connectivity index (χ4n) is 3.44. The maximum absolute atomic E-state index is 13.1. The fourth-order valence-corrected chi connectivity index (χ4v) is 3.44. The van der Waals surface area contributed by atoms with Gasteiger partial charge in [0.05, 0.1) is 22.8 Å². The van der Waals surface area contributed by atoms with Gasteiger partial charge in [-0.1, -0.05) is 18.2 Å². The van der Waals surface area contributed by atoms with Crippen LogP contribution in [0, 0.1) is 19.7 Å². The first-order chi connectivity index (χ1) is 15.9. The third kappa shape index (κ3) is 4.98. The van der Waals surface area contributed by atoms with E-state index >= 15 is 0 Å². The van der Waals surface area contributed by atoms with Gasteiger partial charge in [-0.25, -0.2) is 9.07 Å². The van der Waals surface area contributed by atoms with E-state index in [9.17, 15) is 14.0 Å². The molecule has 0 saturated heterocycles. The van der Waals surface area contributed by atoms with Crippen molar-refractivity contribution in [2.75, 3.05) is 11.9 Å². The first kappa shape index (κ1) is 22.0. The average molecular weight is 443 g/mol. The molecule has 3 aromatic carbocycles. The second-order valence-corrected chi connectivity index (χ2v) is 7.49. The van der Waals surface area contributed by atoms with Crippen LogP contribution in [0.25, 0.3) is 5.69 Å². The number of nitrogens with zero attached hydrogens (tertiary/aromatic N) is 2. The van der Waals surface area contributed by atoms with Crippen LogP contribution >= 0.6 is 0 Å². The molecule has 0 atom stereocenters. The number of para-hydroxylation sites is 1. The Balaban J connectivity index is 1.37. The maximum atomic E-state index is 13.1. The lowest BCUT2D eigenvalue weighted by molar-refractivity contribution is -0.118. The Morgan fingerprint density at radius 2 is 1.52 bits per heavy atom. The van der Waals surface area contributed by atoms with E-state index in [1.54, 1.807) is 28.9 Å². The van der Waals surface area contributed by atoms with E-state index in [0.29, 0.717) is 28.3 Å². The zero-order chi connectivity index (χ0) is 23.4. The highest BCUT2D eigenvalue weighted by Gasteiger charge is 2.16. The Hall–Kier alpha value is -4.26. The molecule has 1 aromatic heterocycles. The van der Waals surface area contributed by atoms with Crippen molar-refractivity contribution in [1.29, 1.82) is 0 Å². The molecule has 1 heterocycles. The second kappa shape index (κ2) is 9.48. The summed E-state index contributed by atoms with van der Waals surface area (Å²) in [5, 5.41) is 7.38. The van der Waals surface area contributed by atoms with Crippen LogP contribution in [0.15, 0.2) is 78.9 Å². The van der Waals surface area contributed by atoms with Crippen molar-refractivity contribution < 1.29 is 18.7 Å². The molecule has 4 aromatic rings. The number of benzene rings is 3. The quantitative estimate of drug-likeness (QED) is 0.414. The van der Waals surface area contributed by atoms with E-state index in [0.717, 1.165) is 11.4 Å². The van der Waals surface area contributed by atoms with Gasteiger partial charge in [0.25, 0.3) is 5.91 Å². The maximum Gasteiger partial charge on any atom is 0.262 e. The molecule has 0 fully saturated rings. The minimum absolute atomic E-state index is 0.194. The van der Waals surface area contributed by atoms with Gasteiger partial charge >= 0.3 is 0 Å². The Bertz CT molecular complexity index is 1280. The van der Waals surface area contributed by atoms with Gasteiger partial charge in [0.15, 0.2) is 12.4 Å². The van der Waals surface area contributed by atoms with E-state index in [1.165, 1.54) is 24.3 Å². The van der Waals surface area contributed by atoms with E-state index in [-0.39, 0.29) is 18.3 Å². The molecular weight excluding hydrogens is 421 g/mol. The molecule has 0 spiro atoms. The van der Waals surface area contributed by atoms with Gasteiger partial charge in [0, 0.05) is 11.1 Å². The van der Waals surface area contributed by atoms with Crippen molar-refractivity contribution in [2.24, 2.45) is 0 Å². The molecule has 0 bridgehead atoms. The minimum Gasteiger partial charge on any atom is -0.484 e. The van der Waals surface area contributed by atoms with Gasteiger partial charge in [0.2, 0.25) is 0 Å². The van der Waals surface area contributed by atoms with Gasteiger partial charge in [-0.05, 0) is 74.5 Å². The monoisotopic (exact) mass is 443 g/mol. The number of anilines is 1. The van der Waals surface area contributed by atoms with Gasteiger partial charge in [-0.3, -0.25) is 9.59 Å². The van der Waals surface area contributed by atoms with E-state index < -0.39 is 5.82 Å². The van der Waals surface area contributed by atoms with Crippen molar-refractivity contribution in [1.82, 2.24) is 9.78 Å². The van der Waals surface area contributed by atoms with Crippen LogP contribution in [0.5, 0.6) is 5.75 Å². The molecule has 1 amide bonds. The molecule has 0 aliphatic carbocycles. The lowest BCUT2D eigenvalue weighted by atomic mass is 10.0. The van der Waals surface area contributed by atoms with Crippen LogP contribution in [0.2, 0.25) is 0 Å². The standard InChI is InChI=1S/C26H22FN3O3/c1-17-25(18(2)30(29-17)22-6-4-3-5-7-22)28-24(31)16-33-23-14-10-20(11-15-23)26(32)19-8-12-21(27)13-9-19/h3-15H,16H2,1-2H3,(H,28,31). The molecule has 0 radical (unpaired) electrons. The van der Waals surface area contributed by atoms with Crippen LogP contribution in [0.1, 0.15) is 27.3 Å². The Morgan fingerprint density at radius 3 is 2.15 bits per heavy atom. The molecule has 6 nitrogen and oxygen atoms in total. The minimum atomic E-state index is -0.397. The molecule has 7 heteroatoms. The molecule has 0 aliphatic heterocycles. The molecular formula is C26H22FN3O3. The van der Waals surface area contributed by atoms with E-state index in [2.05, 4.69) is 10.4 Å². The summed E-state index contributed by atoms with van der Waals surface area (Å²) in [7, 11) is 0. The third-order valence-electron chi connectivity index (χ3n) is 5.15. The summed E-state index contributed by atoms with van der Waals surface area (Å²) >= 11 is 0. The number of carbonyl (C=O) groups is 2. The number of rotatable bonds is 7. The van der Waals surface area contributed by atoms with Crippen molar-refractivity contribution >= 4 is 17.4 Å². The van der Waals surface area contributed by atoms with Gasteiger partial charge in [-0.2, -0.15) is 5.10 Å². The molecule has 33 heavy (non-hydrogen) atoms. The summed E-state index contributed by atoms with van der Waals surface area (Å²) in [6, 6.07) is 21.5. The molecule has 0 unspecified atom stereocenters. The lowest BCUT2D eigenvalue weighted by Crippen LogP contribution is -2.21. The number of halogens is 1. The highest BCUT2D eigenvalue weighted by Crippen LogP contribution is 2.23. The Morgan fingerprint density at radius 1 is 0.909 bits per heavy atom. The fraction of sp³-hybridized carbons (Fsp3) is 0.115. The number of ketones is 1. The summed E-state index contributed by atoms with van der Waals surface area (Å²) in [5.74, 6) is -0.485. The predicted molar refractivity (Wildman–Crippen MR) is 123 cm³/mol. The number of amides is 1. The van der Waals surface area contributed by atoms with E-state index in [1.807, 2.05) is 44.2 Å². The van der Waals surface area contributed by atoms with Crippen LogP contribution < -0.4 is 10.1 Å². The molecule has 0 saturated carbocycles. The van der Waals surface area contributed by atoms with Crippen LogP contribution in [0.4, 0.5) is 10.1 Å². The highest BCUT2D eigenvalue weighted by atomic mass is 19.1. The largest absolute Gasteiger partial charge is 0.484 e. The molecule has 4 rings (SSSR count). The first-order valence-corrected chi connectivity index (χ1v) is 10.4. The van der Waals surface area contributed by atoms with Crippen molar-refractivity contribution in [3.05, 3.63) is 107 Å². The van der Waals surface area contributed by atoms with Crippen LogP contribution in [-0.2, 0) is 4.79 Å². The lowest BCUT2D eigenvalue weighted by Gasteiger charge is -2.09. The zero-order valence-corrected chi connectivity index (χ0v) is 18.2. The average Bonchev–Trinajstić information content (AvgIpc) is 3.12. The van der Waals surface area contributed by atoms with Gasteiger partial charge in [-0.15, -0.1) is 0 Å². The number of aromatic nitrogens is 2.